The van der Waals surface area contributed by atoms with E-state index in [1.807, 2.05) is 6.92 Å². The van der Waals surface area contributed by atoms with E-state index in [1.54, 1.807) is 19.1 Å². The van der Waals surface area contributed by atoms with Gasteiger partial charge in [0.2, 0.25) is 0 Å². The molecule has 0 heterocycles. The van der Waals surface area contributed by atoms with Gasteiger partial charge in [0.25, 0.3) is 0 Å². The van der Waals surface area contributed by atoms with Crippen molar-refractivity contribution in [3.63, 3.8) is 0 Å². The van der Waals surface area contributed by atoms with Gasteiger partial charge >= 0.3 is 5.97 Å². The van der Waals surface area contributed by atoms with Crippen LogP contribution in [0.1, 0.15) is 52.6 Å². The first-order valence-electron chi connectivity index (χ1n) is 8.36. The zero-order chi connectivity index (χ0) is 19.3. The SMILES string of the molecule is CCOC(=O)c1ccc(COc2cc(O)c(C(C)=O)cc2CC)cc1O. The number of ether oxygens (including phenoxy) is 2. The maximum Gasteiger partial charge on any atom is 0.341 e. The Kier molecular flexibility index (Phi) is 6.22. The van der Waals surface area contributed by atoms with Crippen molar-refractivity contribution in [1.29, 1.82) is 0 Å². The fourth-order valence-corrected chi connectivity index (χ4v) is 2.52. The molecule has 6 nitrogen and oxygen atoms in total. The van der Waals surface area contributed by atoms with Crippen LogP contribution in [0.25, 0.3) is 0 Å². The molecule has 0 fully saturated rings. The Morgan fingerprint density at radius 1 is 1.00 bits per heavy atom. The van der Waals surface area contributed by atoms with Gasteiger partial charge in [0.15, 0.2) is 5.78 Å². The van der Waals surface area contributed by atoms with Crippen LogP contribution in [0.2, 0.25) is 0 Å². The van der Waals surface area contributed by atoms with Crippen molar-refractivity contribution in [1.82, 2.24) is 0 Å². The average molecular weight is 358 g/mol. The molecule has 2 rings (SSSR count). The fourth-order valence-electron chi connectivity index (χ4n) is 2.52. The van der Waals surface area contributed by atoms with Crippen LogP contribution in [0.5, 0.6) is 17.2 Å². The van der Waals surface area contributed by atoms with E-state index >= 15 is 0 Å². The predicted octanol–water partition coefficient (Wildman–Crippen LogP) is 3.62. The maximum atomic E-state index is 11.7. The van der Waals surface area contributed by atoms with Gasteiger partial charge in [0.1, 0.15) is 29.4 Å². The molecule has 138 valence electrons. The van der Waals surface area contributed by atoms with Crippen LogP contribution in [0, 0.1) is 0 Å². The third-order valence-electron chi connectivity index (χ3n) is 3.89. The summed E-state index contributed by atoms with van der Waals surface area (Å²) in [6, 6.07) is 7.60. The molecule has 2 N–H and O–H groups in total. The Balaban J connectivity index is 2.18. The summed E-state index contributed by atoms with van der Waals surface area (Å²) in [5, 5.41) is 20.0. The van der Waals surface area contributed by atoms with Crippen LogP contribution in [0.15, 0.2) is 30.3 Å². The number of ketones is 1. The van der Waals surface area contributed by atoms with Gasteiger partial charge in [-0.15, -0.1) is 0 Å². The van der Waals surface area contributed by atoms with E-state index in [0.29, 0.717) is 17.7 Å². The summed E-state index contributed by atoms with van der Waals surface area (Å²) in [6.45, 7) is 5.35. The van der Waals surface area contributed by atoms with Gasteiger partial charge < -0.3 is 19.7 Å². The fraction of sp³-hybridized carbons (Fsp3) is 0.300. The average Bonchev–Trinajstić information content (AvgIpc) is 2.59. The molecule has 0 aromatic heterocycles. The summed E-state index contributed by atoms with van der Waals surface area (Å²) in [5.41, 5.74) is 1.78. The molecule has 6 heteroatoms. The van der Waals surface area contributed by atoms with Gasteiger partial charge in [0.05, 0.1) is 12.2 Å². The molecule has 0 aliphatic carbocycles. The number of phenolic OH excluding ortho intramolecular Hbond substituents is 2. The minimum atomic E-state index is -0.588. The largest absolute Gasteiger partial charge is 0.507 e. The predicted molar refractivity (Wildman–Crippen MR) is 95.9 cm³/mol. The second-order valence-electron chi connectivity index (χ2n) is 5.75. The number of carbonyl (C=O) groups is 2. The molecule has 0 amide bonds. The van der Waals surface area contributed by atoms with E-state index in [-0.39, 0.29) is 41.6 Å². The second kappa shape index (κ2) is 8.38. The number of hydrogen-bond donors (Lipinski definition) is 2. The van der Waals surface area contributed by atoms with Crippen molar-refractivity contribution < 1.29 is 29.3 Å². The van der Waals surface area contributed by atoms with Gasteiger partial charge in [0, 0.05) is 6.07 Å². The summed E-state index contributed by atoms with van der Waals surface area (Å²) in [7, 11) is 0. The number of hydrogen-bond acceptors (Lipinski definition) is 6. The lowest BCUT2D eigenvalue weighted by Crippen LogP contribution is -2.06. The van der Waals surface area contributed by atoms with Crippen LogP contribution in [0.3, 0.4) is 0 Å². The van der Waals surface area contributed by atoms with E-state index in [1.165, 1.54) is 25.1 Å². The highest BCUT2D eigenvalue weighted by atomic mass is 16.5. The van der Waals surface area contributed by atoms with Crippen molar-refractivity contribution in [2.75, 3.05) is 6.61 Å². The van der Waals surface area contributed by atoms with E-state index in [0.717, 1.165) is 5.56 Å². The van der Waals surface area contributed by atoms with E-state index in [2.05, 4.69) is 0 Å². The van der Waals surface area contributed by atoms with Gasteiger partial charge in [-0.25, -0.2) is 4.79 Å². The highest BCUT2D eigenvalue weighted by molar-refractivity contribution is 5.97. The van der Waals surface area contributed by atoms with Gasteiger partial charge in [-0.2, -0.15) is 0 Å². The Hall–Kier alpha value is -3.02. The van der Waals surface area contributed by atoms with Crippen LogP contribution in [-0.4, -0.2) is 28.6 Å². The molecule has 0 saturated heterocycles. The molecule has 0 bridgehead atoms. The van der Waals surface area contributed by atoms with Crippen molar-refractivity contribution >= 4 is 11.8 Å². The number of esters is 1. The lowest BCUT2D eigenvalue weighted by atomic mass is 10.0. The highest BCUT2D eigenvalue weighted by Crippen LogP contribution is 2.30. The van der Waals surface area contributed by atoms with E-state index < -0.39 is 5.97 Å². The molecule has 0 radical (unpaired) electrons. The lowest BCUT2D eigenvalue weighted by molar-refractivity contribution is 0.0523. The van der Waals surface area contributed by atoms with Crippen LogP contribution in [0.4, 0.5) is 0 Å². The maximum absolute atomic E-state index is 11.7. The zero-order valence-electron chi connectivity index (χ0n) is 15.0. The number of Topliss-reactive ketones (excluding diaryl/α,β-unsaturated/α-hetero) is 1. The monoisotopic (exact) mass is 358 g/mol. The molecule has 26 heavy (non-hydrogen) atoms. The Bertz CT molecular complexity index is 825. The van der Waals surface area contributed by atoms with Crippen LogP contribution >= 0.6 is 0 Å². The molecule has 0 atom stereocenters. The van der Waals surface area contributed by atoms with Crippen molar-refractivity contribution in [2.45, 2.75) is 33.8 Å². The molecular formula is C20H22O6. The zero-order valence-corrected chi connectivity index (χ0v) is 15.0. The third-order valence-corrected chi connectivity index (χ3v) is 3.89. The summed E-state index contributed by atoms with van der Waals surface area (Å²) in [5.74, 6) is -0.664. The van der Waals surface area contributed by atoms with E-state index in [9.17, 15) is 19.8 Å². The Morgan fingerprint density at radius 2 is 1.69 bits per heavy atom. The van der Waals surface area contributed by atoms with Crippen molar-refractivity contribution in [3.05, 3.63) is 52.6 Å². The molecule has 0 aliphatic rings. The molecule has 0 unspecified atom stereocenters. The minimum absolute atomic E-state index is 0.0910. The summed E-state index contributed by atoms with van der Waals surface area (Å²) in [4.78, 5) is 23.2. The van der Waals surface area contributed by atoms with Gasteiger partial charge in [-0.3, -0.25) is 4.79 Å². The van der Waals surface area contributed by atoms with E-state index in [4.69, 9.17) is 9.47 Å². The second-order valence-corrected chi connectivity index (χ2v) is 5.75. The number of aromatic hydroxyl groups is 2. The molecule has 2 aromatic rings. The normalized spacial score (nSPS) is 10.4. The lowest BCUT2D eigenvalue weighted by Gasteiger charge is -2.13. The summed E-state index contributed by atoms with van der Waals surface area (Å²) in [6.07, 6.45) is 0.628. The first kappa shape index (κ1) is 19.3. The topological polar surface area (TPSA) is 93.1 Å². The number of carbonyl (C=O) groups excluding carboxylic acids is 2. The number of phenols is 2. The first-order valence-corrected chi connectivity index (χ1v) is 8.36. The minimum Gasteiger partial charge on any atom is -0.507 e. The van der Waals surface area contributed by atoms with Crippen molar-refractivity contribution in [2.24, 2.45) is 0 Å². The Morgan fingerprint density at radius 3 is 2.27 bits per heavy atom. The molecule has 2 aromatic carbocycles. The Labute approximate surface area is 152 Å². The molecule has 0 spiro atoms. The molecule has 0 saturated carbocycles. The van der Waals surface area contributed by atoms with Crippen LogP contribution in [-0.2, 0) is 17.8 Å². The smallest absolute Gasteiger partial charge is 0.341 e. The number of benzene rings is 2. The van der Waals surface area contributed by atoms with Gasteiger partial charge in [-0.1, -0.05) is 13.0 Å². The first-order chi connectivity index (χ1) is 12.4. The van der Waals surface area contributed by atoms with Gasteiger partial charge in [-0.05, 0) is 49.6 Å². The third kappa shape index (κ3) is 4.33. The van der Waals surface area contributed by atoms with Crippen molar-refractivity contribution in [3.8, 4) is 17.2 Å². The number of rotatable bonds is 7. The molecule has 0 aliphatic heterocycles. The van der Waals surface area contributed by atoms with Crippen LogP contribution < -0.4 is 4.74 Å². The standard InChI is InChI=1S/C20H22O6/c1-4-14-9-16(12(3)21)18(23)10-19(14)26-11-13-6-7-15(17(22)8-13)20(24)25-5-2/h6-10,22-23H,4-5,11H2,1-3H3. The quantitative estimate of drug-likeness (QED) is 0.580. The highest BCUT2D eigenvalue weighted by Gasteiger charge is 2.15. The summed E-state index contributed by atoms with van der Waals surface area (Å²) >= 11 is 0. The molecular weight excluding hydrogens is 336 g/mol. The summed E-state index contributed by atoms with van der Waals surface area (Å²) < 4.78 is 10.6. The number of aryl methyl sites for hydroxylation is 1.